The molecule has 0 unspecified atom stereocenters. The summed E-state index contributed by atoms with van der Waals surface area (Å²) in [6.45, 7) is 1.88. The number of fused-ring (bicyclic) bond motifs is 1. The highest BCUT2D eigenvalue weighted by atomic mass is 35.5. The van der Waals surface area contributed by atoms with Crippen molar-refractivity contribution in [2.45, 2.75) is 13.3 Å². The SMILES string of the molecule is Cc1cc(Cl)ccc1NC(=O)c1ccc2c(c1)CC(=O)N2. The van der Waals surface area contributed by atoms with Gasteiger partial charge in [0.1, 0.15) is 0 Å². The van der Waals surface area contributed by atoms with Crippen LogP contribution in [0.1, 0.15) is 21.5 Å². The van der Waals surface area contributed by atoms with Crippen molar-refractivity contribution in [3.05, 3.63) is 58.1 Å². The van der Waals surface area contributed by atoms with E-state index >= 15 is 0 Å². The van der Waals surface area contributed by atoms with Gasteiger partial charge >= 0.3 is 0 Å². The molecule has 0 aromatic heterocycles. The summed E-state index contributed by atoms with van der Waals surface area (Å²) in [5.74, 6) is -0.251. The van der Waals surface area contributed by atoms with Gasteiger partial charge in [-0.2, -0.15) is 0 Å². The number of hydrogen-bond donors (Lipinski definition) is 2. The second-order valence-corrected chi connectivity index (χ2v) is 5.45. The lowest BCUT2D eigenvalue weighted by atomic mass is 10.1. The van der Waals surface area contributed by atoms with Gasteiger partial charge in [-0.3, -0.25) is 9.59 Å². The number of amides is 2. The van der Waals surface area contributed by atoms with Crippen LogP contribution in [0, 0.1) is 6.92 Å². The Morgan fingerprint density at radius 3 is 2.81 bits per heavy atom. The summed E-state index contributed by atoms with van der Waals surface area (Å²) >= 11 is 5.90. The van der Waals surface area contributed by atoms with E-state index in [-0.39, 0.29) is 11.8 Å². The monoisotopic (exact) mass is 300 g/mol. The molecule has 5 heteroatoms. The van der Waals surface area contributed by atoms with Crippen molar-refractivity contribution in [2.75, 3.05) is 10.6 Å². The Hall–Kier alpha value is -2.33. The first-order valence-electron chi connectivity index (χ1n) is 6.53. The molecule has 2 amide bonds. The van der Waals surface area contributed by atoms with E-state index in [1.54, 1.807) is 36.4 Å². The molecule has 0 fully saturated rings. The number of hydrogen-bond acceptors (Lipinski definition) is 2. The molecular weight excluding hydrogens is 288 g/mol. The minimum absolute atomic E-state index is 0.0453. The van der Waals surface area contributed by atoms with Crippen LogP contribution in [0.25, 0.3) is 0 Å². The fourth-order valence-electron chi connectivity index (χ4n) is 2.33. The number of aryl methyl sites for hydroxylation is 1. The van der Waals surface area contributed by atoms with Gasteiger partial charge < -0.3 is 10.6 Å². The van der Waals surface area contributed by atoms with E-state index in [4.69, 9.17) is 11.6 Å². The maximum Gasteiger partial charge on any atom is 0.255 e. The van der Waals surface area contributed by atoms with Crippen molar-refractivity contribution in [3.63, 3.8) is 0 Å². The summed E-state index contributed by atoms with van der Waals surface area (Å²) in [5, 5.41) is 6.23. The molecule has 1 heterocycles. The maximum atomic E-state index is 12.3. The Balaban J connectivity index is 1.83. The number of carbonyl (C=O) groups is 2. The summed E-state index contributed by atoms with van der Waals surface area (Å²) in [4.78, 5) is 23.6. The van der Waals surface area contributed by atoms with Crippen LogP contribution in [0.4, 0.5) is 11.4 Å². The van der Waals surface area contributed by atoms with Crippen LogP contribution in [0.15, 0.2) is 36.4 Å². The molecule has 0 saturated heterocycles. The lowest BCUT2D eigenvalue weighted by molar-refractivity contribution is -0.115. The zero-order valence-corrected chi connectivity index (χ0v) is 12.1. The predicted molar refractivity (Wildman–Crippen MR) is 82.9 cm³/mol. The molecule has 1 aliphatic heterocycles. The van der Waals surface area contributed by atoms with Crippen molar-refractivity contribution in [1.82, 2.24) is 0 Å². The van der Waals surface area contributed by atoms with Crippen molar-refractivity contribution in [3.8, 4) is 0 Å². The fraction of sp³-hybridized carbons (Fsp3) is 0.125. The van der Waals surface area contributed by atoms with Crippen molar-refractivity contribution >= 4 is 34.8 Å². The highest BCUT2D eigenvalue weighted by Gasteiger charge is 2.19. The molecule has 0 spiro atoms. The first-order chi connectivity index (χ1) is 10.0. The molecule has 21 heavy (non-hydrogen) atoms. The first-order valence-corrected chi connectivity index (χ1v) is 6.91. The van der Waals surface area contributed by atoms with Crippen molar-refractivity contribution in [2.24, 2.45) is 0 Å². The maximum absolute atomic E-state index is 12.3. The van der Waals surface area contributed by atoms with Gasteiger partial charge in [0.25, 0.3) is 5.91 Å². The van der Waals surface area contributed by atoms with E-state index in [0.29, 0.717) is 17.0 Å². The van der Waals surface area contributed by atoms with Crippen LogP contribution < -0.4 is 10.6 Å². The first kappa shape index (κ1) is 13.6. The molecule has 2 aromatic carbocycles. The molecule has 2 N–H and O–H groups in total. The molecule has 1 aliphatic rings. The van der Waals surface area contributed by atoms with Gasteiger partial charge in [-0.1, -0.05) is 11.6 Å². The number of rotatable bonds is 2. The second-order valence-electron chi connectivity index (χ2n) is 5.01. The van der Waals surface area contributed by atoms with E-state index in [9.17, 15) is 9.59 Å². The third-order valence-electron chi connectivity index (χ3n) is 3.43. The van der Waals surface area contributed by atoms with Crippen LogP contribution in [0.2, 0.25) is 5.02 Å². The normalized spacial score (nSPS) is 12.8. The van der Waals surface area contributed by atoms with Crippen LogP contribution in [-0.2, 0) is 11.2 Å². The average molecular weight is 301 g/mol. The van der Waals surface area contributed by atoms with E-state index in [1.807, 2.05) is 6.92 Å². The smallest absolute Gasteiger partial charge is 0.255 e. The number of halogens is 1. The van der Waals surface area contributed by atoms with Crippen molar-refractivity contribution < 1.29 is 9.59 Å². The molecule has 0 radical (unpaired) electrons. The Morgan fingerprint density at radius 2 is 2.05 bits per heavy atom. The Labute approximate surface area is 127 Å². The predicted octanol–water partition coefficient (Wildman–Crippen LogP) is 3.40. The summed E-state index contributed by atoms with van der Waals surface area (Å²) in [6, 6.07) is 10.5. The van der Waals surface area contributed by atoms with Gasteiger partial charge in [0.05, 0.1) is 6.42 Å². The summed E-state index contributed by atoms with van der Waals surface area (Å²) < 4.78 is 0. The van der Waals surface area contributed by atoms with E-state index in [2.05, 4.69) is 10.6 Å². The van der Waals surface area contributed by atoms with E-state index in [0.717, 1.165) is 22.5 Å². The molecule has 4 nitrogen and oxygen atoms in total. The number of benzene rings is 2. The third-order valence-corrected chi connectivity index (χ3v) is 3.66. The number of anilines is 2. The molecule has 0 saturated carbocycles. The largest absolute Gasteiger partial charge is 0.326 e. The van der Waals surface area contributed by atoms with Gasteiger partial charge in [0.15, 0.2) is 0 Å². The molecule has 0 aliphatic carbocycles. The van der Waals surface area contributed by atoms with E-state index in [1.165, 1.54) is 0 Å². The van der Waals surface area contributed by atoms with Crippen LogP contribution in [0.5, 0.6) is 0 Å². The lowest BCUT2D eigenvalue weighted by Gasteiger charge is -2.09. The Bertz CT molecular complexity index is 756. The number of carbonyl (C=O) groups excluding carboxylic acids is 2. The van der Waals surface area contributed by atoms with Crippen LogP contribution >= 0.6 is 11.6 Å². The highest BCUT2D eigenvalue weighted by Crippen LogP contribution is 2.25. The molecular formula is C16H13ClN2O2. The van der Waals surface area contributed by atoms with Gasteiger partial charge in [-0.05, 0) is 54.4 Å². The summed E-state index contributed by atoms with van der Waals surface area (Å²) in [7, 11) is 0. The molecule has 3 rings (SSSR count). The van der Waals surface area contributed by atoms with Gasteiger partial charge in [0, 0.05) is 22.0 Å². The average Bonchev–Trinajstić information content (AvgIpc) is 2.80. The second kappa shape index (κ2) is 5.22. The van der Waals surface area contributed by atoms with Gasteiger partial charge in [-0.15, -0.1) is 0 Å². The van der Waals surface area contributed by atoms with Crippen LogP contribution in [0.3, 0.4) is 0 Å². The lowest BCUT2D eigenvalue weighted by Crippen LogP contribution is -2.13. The quantitative estimate of drug-likeness (QED) is 0.893. The van der Waals surface area contributed by atoms with Gasteiger partial charge in [-0.25, -0.2) is 0 Å². The third kappa shape index (κ3) is 2.76. The minimum atomic E-state index is -0.206. The number of nitrogens with one attached hydrogen (secondary N) is 2. The highest BCUT2D eigenvalue weighted by molar-refractivity contribution is 6.30. The van der Waals surface area contributed by atoms with E-state index < -0.39 is 0 Å². The Kier molecular flexibility index (Phi) is 3.39. The topological polar surface area (TPSA) is 58.2 Å². The summed E-state index contributed by atoms with van der Waals surface area (Å²) in [5.41, 5.74) is 3.77. The molecule has 2 aromatic rings. The zero-order valence-electron chi connectivity index (χ0n) is 11.4. The molecule has 0 bridgehead atoms. The summed E-state index contributed by atoms with van der Waals surface area (Å²) in [6.07, 6.45) is 0.316. The standard InChI is InChI=1S/C16H13ClN2O2/c1-9-6-12(17)3-5-13(9)19-16(21)10-2-4-14-11(7-10)8-15(20)18-14/h2-7H,8H2,1H3,(H,18,20)(H,19,21). The molecule has 0 atom stereocenters. The van der Waals surface area contributed by atoms with Crippen molar-refractivity contribution in [1.29, 1.82) is 0 Å². The Morgan fingerprint density at radius 1 is 1.24 bits per heavy atom. The minimum Gasteiger partial charge on any atom is -0.326 e. The molecule has 106 valence electrons. The van der Waals surface area contributed by atoms with Gasteiger partial charge in [0.2, 0.25) is 5.91 Å². The van der Waals surface area contributed by atoms with Crippen LogP contribution in [-0.4, -0.2) is 11.8 Å². The zero-order chi connectivity index (χ0) is 15.0. The fourth-order valence-corrected chi connectivity index (χ4v) is 2.56.